The van der Waals surface area contributed by atoms with Gasteiger partial charge in [-0.05, 0) is 53.6 Å². The molecule has 0 saturated heterocycles. The van der Waals surface area contributed by atoms with Gasteiger partial charge in [0.15, 0.2) is 11.0 Å². The Morgan fingerprint density at radius 3 is 2.77 bits per heavy atom. The summed E-state index contributed by atoms with van der Waals surface area (Å²) >= 11 is 3.13. The van der Waals surface area contributed by atoms with Crippen LogP contribution in [-0.4, -0.2) is 26.4 Å². The van der Waals surface area contributed by atoms with E-state index in [9.17, 15) is 4.79 Å². The van der Waals surface area contributed by atoms with Gasteiger partial charge in [-0.3, -0.25) is 9.36 Å². The maximum atomic E-state index is 12.6. The van der Waals surface area contributed by atoms with Crippen molar-refractivity contribution in [1.82, 2.24) is 20.1 Å². The number of benzene rings is 2. The smallest absolute Gasteiger partial charge is 0.230 e. The molecule has 1 aliphatic carbocycles. The fraction of sp³-hybridized carbons (Fsp3) is 0.261. The summed E-state index contributed by atoms with van der Waals surface area (Å²) in [7, 11) is 0. The number of nitrogens with one attached hydrogen (secondary N) is 1. The van der Waals surface area contributed by atoms with Gasteiger partial charge in [-0.2, -0.15) is 0 Å². The van der Waals surface area contributed by atoms with Gasteiger partial charge in [0.2, 0.25) is 5.91 Å². The van der Waals surface area contributed by atoms with Crippen LogP contribution < -0.4 is 5.32 Å². The fourth-order valence-corrected chi connectivity index (χ4v) is 5.11. The first kappa shape index (κ1) is 19.3. The molecule has 2 aromatic carbocycles. The molecule has 1 amide bonds. The molecule has 0 bridgehead atoms. The van der Waals surface area contributed by atoms with E-state index in [1.165, 1.54) is 22.5 Å². The Morgan fingerprint density at radius 2 is 2.00 bits per heavy atom. The summed E-state index contributed by atoms with van der Waals surface area (Å²) in [5, 5.41) is 17.2. The van der Waals surface area contributed by atoms with Crippen LogP contribution in [0.2, 0.25) is 0 Å². The third kappa shape index (κ3) is 4.00. The number of carbonyl (C=O) groups is 1. The Morgan fingerprint density at radius 1 is 1.17 bits per heavy atom. The number of hydrogen-bond acceptors (Lipinski definition) is 5. The van der Waals surface area contributed by atoms with Crippen LogP contribution in [0, 0.1) is 0 Å². The van der Waals surface area contributed by atoms with Gasteiger partial charge in [0.1, 0.15) is 0 Å². The molecule has 30 heavy (non-hydrogen) atoms. The van der Waals surface area contributed by atoms with Gasteiger partial charge in [0, 0.05) is 6.04 Å². The molecule has 5 rings (SSSR count). The molecule has 4 aromatic rings. The minimum absolute atomic E-state index is 0.00341. The maximum Gasteiger partial charge on any atom is 0.230 e. The Balaban J connectivity index is 1.25. The molecule has 2 aromatic heterocycles. The average Bonchev–Trinajstić information content (AvgIpc) is 3.28. The maximum absolute atomic E-state index is 12.6. The zero-order valence-electron chi connectivity index (χ0n) is 16.6. The lowest BCUT2D eigenvalue weighted by Crippen LogP contribution is -2.28. The van der Waals surface area contributed by atoms with Crippen molar-refractivity contribution in [3.63, 3.8) is 0 Å². The predicted octanol–water partition coefficient (Wildman–Crippen LogP) is 5.46. The summed E-state index contributed by atoms with van der Waals surface area (Å²) in [6.07, 6.45) is 2.30. The number of aromatic nitrogens is 3. The zero-order valence-corrected chi connectivity index (χ0v) is 18.2. The first-order valence-electron chi connectivity index (χ1n) is 10.1. The minimum Gasteiger partial charge on any atom is -0.349 e. The van der Waals surface area contributed by atoms with Crippen molar-refractivity contribution >= 4 is 39.8 Å². The van der Waals surface area contributed by atoms with Crippen molar-refractivity contribution in [2.75, 3.05) is 5.75 Å². The van der Waals surface area contributed by atoms with Crippen LogP contribution in [0.5, 0.6) is 0 Å². The number of thiophene rings is 1. The van der Waals surface area contributed by atoms with Gasteiger partial charge in [0.05, 0.1) is 16.7 Å². The second-order valence-corrected chi connectivity index (χ2v) is 9.46. The van der Waals surface area contributed by atoms with Gasteiger partial charge >= 0.3 is 0 Å². The van der Waals surface area contributed by atoms with Crippen molar-refractivity contribution in [3.8, 4) is 10.7 Å². The molecule has 7 heteroatoms. The SMILES string of the molecule is CC(NC(=O)CSc1nnc(-c2cccs2)n1C1CC1)c1ccc2ccccc2c1. The van der Waals surface area contributed by atoms with E-state index in [1.54, 1.807) is 11.3 Å². The summed E-state index contributed by atoms with van der Waals surface area (Å²) in [5.74, 6) is 1.25. The topological polar surface area (TPSA) is 59.8 Å². The van der Waals surface area contributed by atoms with E-state index < -0.39 is 0 Å². The van der Waals surface area contributed by atoms with Crippen LogP contribution in [0.1, 0.15) is 37.4 Å². The summed E-state index contributed by atoms with van der Waals surface area (Å²) in [6, 6.07) is 19.1. The van der Waals surface area contributed by atoms with Crippen molar-refractivity contribution in [3.05, 3.63) is 65.5 Å². The average molecular weight is 435 g/mol. The monoisotopic (exact) mass is 434 g/mol. The molecule has 1 saturated carbocycles. The van der Waals surface area contributed by atoms with E-state index in [-0.39, 0.29) is 11.9 Å². The summed E-state index contributed by atoms with van der Waals surface area (Å²) in [6.45, 7) is 2.02. The molecule has 0 radical (unpaired) electrons. The number of nitrogens with zero attached hydrogens (tertiary/aromatic N) is 3. The highest BCUT2D eigenvalue weighted by Gasteiger charge is 2.30. The number of rotatable bonds is 7. The van der Waals surface area contributed by atoms with Crippen molar-refractivity contribution in [1.29, 1.82) is 0 Å². The minimum atomic E-state index is -0.0503. The second-order valence-electron chi connectivity index (χ2n) is 7.57. The Kier molecular flexibility index (Phi) is 5.31. The fourth-order valence-electron chi connectivity index (χ4n) is 3.58. The largest absolute Gasteiger partial charge is 0.349 e. The normalized spacial score (nSPS) is 14.7. The van der Waals surface area contributed by atoms with Gasteiger partial charge in [0.25, 0.3) is 0 Å². The number of thioether (sulfide) groups is 1. The van der Waals surface area contributed by atoms with Gasteiger partial charge in [-0.1, -0.05) is 54.2 Å². The van der Waals surface area contributed by atoms with Crippen LogP contribution in [0.15, 0.2) is 65.1 Å². The van der Waals surface area contributed by atoms with E-state index in [1.807, 2.05) is 25.1 Å². The number of amides is 1. The van der Waals surface area contributed by atoms with E-state index in [0.29, 0.717) is 11.8 Å². The standard InChI is InChI=1S/C23H22N4OS2/c1-15(17-9-8-16-5-2-3-6-18(16)13-17)24-21(28)14-30-23-26-25-22(20-7-4-12-29-20)27(23)19-10-11-19/h2-9,12-13,15,19H,10-11,14H2,1H3,(H,24,28). The van der Waals surface area contributed by atoms with Gasteiger partial charge in [-0.25, -0.2) is 0 Å². The molecule has 1 unspecified atom stereocenters. The van der Waals surface area contributed by atoms with E-state index in [4.69, 9.17) is 0 Å². The third-order valence-corrected chi connectivity index (χ3v) is 7.11. The van der Waals surface area contributed by atoms with Crippen LogP contribution in [-0.2, 0) is 4.79 Å². The lowest BCUT2D eigenvalue weighted by atomic mass is 10.0. The molecular weight excluding hydrogens is 412 g/mol. The molecule has 1 fully saturated rings. The molecular formula is C23H22N4OS2. The van der Waals surface area contributed by atoms with Crippen molar-refractivity contribution in [2.24, 2.45) is 0 Å². The van der Waals surface area contributed by atoms with Gasteiger partial charge < -0.3 is 5.32 Å². The first-order valence-corrected chi connectivity index (χ1v) is 12.0. The molecule has 0 aliphatic heterocycles. The quantitative estimate of drug-likeness (QED) is 0.392. The van der Waals surface area contributed by atoms with Crippen LogP contribution >= 0.6 is 23.1 Å². The molecule has 1 aliphatic rings. The zero-order chi connectivity index (χ0) is 20.5. The highest BCUT2D eigenvalue weighted by molar-refractivity contribution is 7.99. The second kappa shape index (κ2) is 8.24. The molecule has 5 nitrogen and oxygen atoms in total. The van der Waals surface area contributed by atoms with Crippen LogP contribution in [0.3, 0.4) is 0 Å². The summed E-state index contributed by atoms with van der Waals surface area (Å²) in [5.41, 5.74) is 1.10. The molecule has 0 spiro atoms. The van der Waals surface area contributed by atoms with E-state index in [0.717, 1.165) is 34.3 Å². The third-order valence-electron chi connectivity index (χ3n) is 5.30. The highest BCUT2D eigenvalue weighted by Crippen LogP contribution is 2.41. The molecule has 1 atom stereocenters. The number of hydrogen-bond donors (Lipinski definition) is 1. The van der Waals surface area contributed by atoms with Gasteiger partial charge in [-0.15, -0.1) is 21.5 Å². The van der Waals surface area contributed by atoms with Crippen molar-refractivity contribution < 1.29 is 4.79 Å². The number of fused-ring (bicyclic) bond motifs is 1. The Hall–Kier alpha value is -2.64. The highest BCUT2D eigenvalue weighted by atomic mass is 32.2. The van der Waals surface area contributed by atoms with Crippen molar-refractivity contribution in [2.45, 2.75) is 37.0 Å². The first-order chi connectivity index (χ1) is 14.7. The lowest BCUT2D eigenvalue weighted by molar-refractivity contribution is -0.119. The van der Waals surface area contributed by atoms with Crippen LogP contribution in [0.25, 0.3) is 21.5 Å². The molecule has 1 N–H and O–H groups in total. The predicted molar refractivity (Wildman–Crippen MR) is 123 cm³/mol. The number of carbonyl (C=O) groups excluding carboxylic acids is 1. The summed E-state index contributed by atoms with van der Waals surface area (Å²) in [4.78, 5) is 13.7. The van der Waals surface area contributed by atoms with E-state index >= 15 is 0 Å². The Bertz CT molecular complexity index is 1180. The van der Waals surface area contributed by atoms with E-state index in [2.05, 4.69) is 61.9 Å². The molecule has 2 heterocycles. The Labute approximate surface area is 183 Å². The lowest BCUT2D eigenvalue weighted by Gasteiger charge is -2.15. The summed E-state index contributed by atoms with van der Waals surface area (Å²) < 4.78 is 2.20. The van der Waals surface area contributed by atoms with Crippen LogP contribution in [0.4, 0.5) is 0 Å². The molecule has 152 valence electrons.